The van der Waals surface area contributed by atoms with Gasteiger partial charge in [-0.1, -0.05) is 0 Å². The fourth-order valence-electron chi connectivity index (χ4n) is 1.26. The van der Waals surface area contributed by atoms with E-state index in [9.17, 15) is 14.9 Å². The van der Waals surface area contributed by atoms with E-state index in [1.807, 2.05) is 0 Å². The van der Waals surface area contributed by atoms with Gasteiger partial charge in [-0.3, -0.25) is 10.1 Å². The molecule has 0 amide bonds. The summed E-state index contributed by atoms with van der Waals surface area (Å²) in [6.45, 7) is 3.31. The minimum absolute atomic E-state index is 0.0931. The van der Waals surface area contributed by atoms with E-state index in [4.69, 9.17) is 4.74 Å². The fraction of sp³-hybridized carbons (Fsp3) is 0.300. The first-order chi connectivity index (χ1) is 7.45. The van der Waals surface area contributed by atoms with E-state index in [0.717, 1.165) is 0 Å². The predicted molar refractivity (Wildman–Crippen MR) is 55.6 cm³/mol. The summed E-state index contributed by atoms with van der Waals surface area (Å²) in [5.74, 6) is 0.129. The van der Waals surface area contributed by atoms with Gasteiger partial charge in [0, 0.05) is 5.56 Å². The van der Waals surface area contributed by atoms with Crippen molar-refractivity contribution in [1.82, 2.24) is 0 Å². The molecule has 0 N–H and O–H groups in total. The molecule has 0 bridgehead atoms. The van der Waals surface area contributed by atoms with E-state index >= 15 is 0 Å². The Morgan fingerprint density at radius 3 is 2.44 bits per heavy atom. The van der Waals surface area contributed by atoms with Gasteiger partial charge in [0.05, 0.1) is 18.1 Å². The Bertz CT molecular complexity index is 441. The highest BCUT2D eigenvalue weighted by Gasteiger charge is 2.16. The maximum absolute atomic E-state index is 10.9. The third kappa shape index (κ3) is 2.47. The molecule has 0 aliphatic rings. The summed E-state index contributed by atoms with van der Waals surface area (Å²) < 4.78 is 9.08. The van der Waals surface area contributed by atoms with Gasteiger partial charge in [0.15, 0.2) is 0 Å². The van der Waals surface area contributed by atoms with Crippen LogP contribution >= 0.6 is 0 Å². The Kier molecular flexibility index (Phi) is 3.44. The number of carbonyl (C=O) groups excluding carboxylic acids is 1. The van der Waals surface area contributed by atoms with Crippen LogP contribution < -0.4 is 4.74 Å². The molecule has 1 rings (SSSR count). The second kappa shape index (κ2) is 4.61. The lowest BCUT2D eigenvalue weighted by atomic mass is 10.1. The molecule has 0 unspecified atom stereocenters. The molecule has 86 valence electrons. The highest BCUT2D eigenvalue weighted by molar-refractivity contribution is 5.65. The number of nitro benzene ring substituents is 1. The number of nitro groups is 1. The minimum Gasteiger partial charge on any atom is -0.437 e. The zero-order valence-corrected chi connectivity index (χ0v) is 9.14. The van der Waals surface area contributed by atoms with Crippen LogP contribution in [0.3, 0.4) is 0 Å². The van der Waals surface area contributed by atoms with Gasteiger partial charge in [-0.25, -0.2) is 4.79 Å². The van der Waals surface area contributed by atoms with Crippen LogP contribution in [-0.2, 0) is 4.74 Å². The highest BCUT2D eigenvalue weighted by atomic mass is 16.7. The number of aryl methyl sites for hydroxylation is 2. The van der Waals surface area contributed by atoms with E-state index in [1.165, 1.54) is 13.2 Å². The number of rotatable bonds is 2. The maximum atomic E-state index is 10.9. The van der Waals surface area contributed by atoms with Crippen molar-refractivity contribution >= 4 is 11.8 Å². The zero-order valence-electron chi connectivity index (χ0n) is 9.14. The van der Waals surface area contributed by atoms with Crippen LogP contribution in [0.5, 0.6) is 5.75 Å². The van der Waals surface area contributed by atoms with Gasteiger partial charge in [0.25, 0.3) is 5.69 Å². The molecule has 0 radical (unpaired) electrons. The third-order valence-electron chi connectivity index (χ3n) is 2.05. The summed E-state index contributed by atoms with van der Waals surface area (Å²) in [4.78, 5) is 21.0. The number of methoxy groups -OCH3 is 1. The monoisotopic (exact) mass is 225 g/mol. The molecule has 0 atom stereocenters. The van der Waals surface area contributed by atoms with Gasteiger partial charge in [0.1, 0.15) is 5.75 Å². The van der Waals surface area contributed by atoms with E-state index < -0.39 is 11.1 Å². The number of carbonyl (C=O) groups is 1. The summed E-state index contributed by atoms with van der Waals surface area (Å²) in [7, 11) is 1.17. The number of ether oxygens (including phenoxy) is 2. The Morgan fingerprint density at radius 1 is 1.31 bits per heavy atom. The molecule has 0 fully saturated rings. The SMILES string of the molecule is COC(=O)Oc1cc([N+](=O)[O-])c(C)cc1C. The molecule has 1 aromatic carbocycles. The molecule has 0 saturated heterocycles. The maximum Gasteiger partial charge on any atom is 0.513 e. The van der Waals surface area contributed by atoms with Crippen molar-refractivity contribution in [2.24, 2.45) is 0 Å². The Morgan fingerprint density at radius 2 is 1.94 bits per heavy atom. The molecule has 1 aromatic rings. The second-order valence-corrected chi connectivity index (χ2v) is 3.22. The van der Waals surface area contributed by atoms with Crippen molar-refractivity contribution in [3.05, 3.63) is 33.4 Å². The Hall–Kier alpha value is -2.11. The van der Waals surface area contributed by atoms with Crippen molar-refractivity contribution in [1.29, 1.82) is 0 Å². The van der Waals surface area contributed by atoms with Gasteiger partial charge in [-0.05, 0) is 25.5 Å². The molecule has 6 nitrogen and oxygen atoms in total. The fourth-order valence-corrected chi connectivity index (χ4v) is 1.26. The van der Waals surface area contributed by atoms with Gasteiger partial charge in [-0.2, -0.15) is 0 Å². The standard InChI is InChI=1S/C10H11NO5/c1-6-4-7(2)9(16-10(12)15-3)5-8(6)11(13)14/h4-5H,1-3H3. The number of hydrogen-bond donors (Lipinski definition) is 0. The number of nitrogens with zero attached hydrogens (tertiary/aromatic N) is 1. The Balaban J connectivity index is 3.14. The van der Waals surface area contributed by atoms with Crippen LogP contribution in [-0.4, -0.2) is 18.2 Å². The van der Waals surface area contributed by atoms with Crippen LogP contribution in [0, 0.1) is 24.0 Å². The van der Waals surface area contributed by atoms with E-state index in [-0.39, 0.29) is 11.4 Å². The molecule has 0 saturated carbocycles. The van der Waals surface area contributed by atoms with Crippen molar-refractivity contribution < 1.29 is 19.2 Å². The van der Waals surface area contributed by atoms with Crippen LogP contribution in [0.4, 0.5) is 10.5 Å². The zero-order chi connectivity index (χ0) is 12.3. The van der Waals surface area contributed by atoms with Gasteiger partial charge < -0.3 is 9.47 Å². The minimum atomic E-state index is -0.902. The average Bonchev–Trinajstić information content (AvgIpc) is 2.21. The first-order valence-corrected chi connectivity index (χ1v) is 4.47. The summed E-state index contributed by atoms with van der Waals surface area (Å²) in [5.41, 5.74) is 1.05. The number of hydrogen-bond acceptors (Lipinski definition) is 5. The first-order valence-electron chi connectivity index (χ1n) is 4.47. The molecule has 6 heteroatoms. The second-order valence-electron chi connectivity index (χ2n) is 3.22. The average molecular weight is 225 g/mol. The molecular weight excluding hydrogens is 214 g/mol. The van der Waals surface area contributed by atoms with Crippen LogP contribution in [0.25, 0.3) is 0 Å². The third-order valence-corrected chi connectivity index (χ3v) is 2.05. The van der Waals surface area contributed by atoms with Crippen molar-refractivity contribution in [2.75, 3.05) is 7.11 Å². The molecule has 0 aliphatic heterocycles. The Labute approximate surface area is 91.9 Å². The summed E-state index contributed by atoms with van der Waals surface area (Å²) in [6.07, 6.45) is -0.902. The largest absolute Gasteiger partial charge is 0.513 e. The molecule has 0 spiro atoms. The van der Waals surface area contributed by atoms with E-state index in [1.54, 1.807) is 19.9 Å². The first kappa shape index (κ1) is 12.0. The van der Waals surface area contributed by atoms with Crippen LogP contribution in [0.1, 0.15) is 11.1 Å². The summed E-state index contributed by atoms with van der Waals surface area (Å²) >= 11 is 0. The molecular formula is C10H11NO5. The van der Waals surface area contributed by atoms with Crippen LogP contribution in [0.2, 0.25) is 0 Å². The lowest BCUT2D eigenvalue weighted by Crippen LogP contribution is -2.08. The predicted octanol–water partition coefficient (Wildman–Crippen LogP) is 2.36. The molecule has 0 aromatic heterocycles. The van der Waals surface area contributed by atoms with Crippen molar-refractivity contribution in [2.45, 2.75) is 13.8 Å². The normalized spacial score (nSPS) is 9.69. The lowest BCUT2D eigenvalue weighted by molar-refractivity contribution is -0.385. The van der Waals surface area contributed by atoms with Crippen LogP contribution in [0.15, 0.2) is 12.1 Å². The van der Waals surface area contributed by atoms with Crippen molar-refractivity contribution in [3.63, 3.8) is 0 Å². The van der Waals surface area contributed by atoms with E-state index in [0.29, 0.717) is 11.1 Å². The smallest absolute Gasteiger partial charge is 0.437 e. The van der Waals surface area contributed by atoms with Gasteiger partial charge in [0.2, 0.25) is 0 Å². The summed E-state index contributed by atoms with van der Waals surface area (Å²) in [5, 5.41) is 10.7. The quantitative estimate of drug-likeness (QED) is 0.334. The molecule has 0 heterocycles. The van der Waals surface area contributed by atoms with Crippen molar-refractivity contribution in [3.8, 4) is 5.75 Å². The van der Waals surface area contributed by atoms with E-state index in [2.05, 4.69) is 4.74 Å². The van der Waals surface area contributed by atoms with Gasteiger partial charge in [-0.15, -0.1) is 0 Å². The molecule has 16 heavy (non-hydrogen) atoms. The highest BCUT2D eigenvalue weighted by Crippen LogP contribution is 2.28. The van der Waals surface area contributed by atoms with Gasteiger partial charge >= 0.3 is 6.16 Å². The number of benzene rings is 1. The lowest BCUT2D eigenvalue weighted by Gasteiger charge is -2.07. The summed E-state index contributed by atoms with van der Waals surface area (Å²) in [6, 6.07) is 2.79. The molecule has 0 aliphatic carbocycles. The topological polar surface area (TPSA) is 78.7 Å².